The van der Waals surface area contributed by atoms with Gasteiger partial charge in [-0.25, -0.2) is 4.98 Å². The van der Waals surface area contributed by atoms with Gasteiger partial charge in [-0.15, -0.1) is 24.8 Å². The maximum Gasteiger partial charge on any atom is 0.209 e. The van der Waals surface area contributed by atoms with E-state index in [1.807, 2.05) is 24.3 Å². The quantitative estimate of drug-likeness (QED) is 0.890. The van der Waals surface area contributed by atoms with Crippen molar-refractivity contribution in [2.45, 2.75) is 6.54 Å². The first-order valence-corrected chi connectivity index (χ1v) is 7.79. The van der Waals surface area contributed by atoms with E-state index in [1.165, 1.54) is 0 Å². The van der Waals surface area contributed by atoms with E-state index in [0.29, 0.717) is 5.02 Å². The molecule has 7 heteroatoms. The van der Waals surface area contributed by atoms with Crippen LogP contribution in [0.2, 0.25) is 5.02 Å². The lowest BCUT2D eigenvalue weighted by Crippen LogP contribution is -2.25. The van der Waals surface area contributed by atoms with Crippen molar-refractivity contribution in [1.82, 2.24) is 15.2 Å². The maximum absolute atomic E-state index is 6.02. The number of fused-ring (bicyclic) bond motifs is 1. The lowest BCUT2D eigenvalue weighted by atomic mass is 10.0. The predicted molar refractivity (Wildman–Crippen MR) is 96.6 cm³/mol. The van der Waals surface area contributed by atoms with E-state index in [-0.39, 0.29) is 24.8 Å². The molecule has 1 aromatic carbocycles. The molecule has 0 radical (unpaired) electrons. The molecule has 1 N–H and O–H groups in total. The fraction of sp³-hybridized carbons (Fsp3) is 0.438. The normalized spacial score (nSPS) is 23.2. The van der Waals surface area contributed by atoms with Crippen molar-refractivity contribution >= 4 is 36.4 Å². The van der Waals surface area contributed by atoms with Crippen molar-refractivity contribution in [2.75, 3.05) is 26.2 Å². The van der Waals surface area contributed by atoms with Gasteiger partial charge in [-0.2, -0.15) is 0 Å². The lowest BCUT2D eigenvalue weighted by Gasteiger charge is -2.14. The Balaban J connectivity index is 0.000000960. The summed E-state index contributed by atoms with van der Waals surface area (Å²) in [5, 5.41) is 4.17. The first-order chi connectivity index (χ1) is 10.3. The van der Waals surface area contributed by atoms with Crippen molar-refractivity contribution in [3.63, 3.8) is 0 Å². The Kier molecular flexibility index (Phi) is 6.34. The van der Waals surface area contributed by atoms with Crippen molar-refractivity contribution < 1.29 is 4.42 Å². The summed E-state index contributed by atoms with van der Waals surface area (Å²) in [6, 6.07) is 7.67. The molecule has 2 aromatic rings. The zero-order valence-corrected chi connectivity index (χ0v) is 15.0. The average molecular weight is 377 g/mol. The largest absolute Gasteiger partial charge is 0.439 e. The fourth-order valence-corrected chi connectivity index (χ4v) is 3.62. The summed E-state index contributed by atoms with van der Waals surface area (Å²) in [6.07, 6.45) is 1.79. The second kappa shape index (κ2) is 7.86. The van der Waals surface area contributed by atoms with Gasteiger partial charge in [0.15, 0.2) is 5.76 Å². The highest BCUT2D eigenvalue weighted by molar-refractivity contribution is 6.30. The van der Waals surface area contributed by atoms with Gasteiger partial charge < -0.3 is 9.73 Å². The molecule has 1 aromatic heterocycles. The van der Waals surface area contributed by atoms with Crippen molar-refractivity contribution in [3.05, 3.63) is 41.4 Å². The van der Waals surface area contributed by atoms with E-state index in [2.05, 4.69) is 15.2 Å². The standard InChI is InChI=1S/C16H18ClN3O.2ClH/c17-14-3-1-2-11(4-14)15-7-19-16(21-15)10-20-8-12-5-18-6-13(12)9-20;;/h1-4,7,12-13,18H,5-6,8-10H2;2*1H/t12-,13+;;. The third kappa shape index (κ3) is 4.01. The van der Waals surface area contributed by atoms with Crippen LogP contribution < -0.4 is 5.32 Å². The molecule has 3 heterocycles. The van der Waals surface area contributed by atoms with E-state index >= 15 is 0 Å². The number of likely N-dealkylation sites (tertiary alicyclic amines) is 1. The molecule has 4 rings (SSSR count). The monoisotopic (exact) mass is 375 g/mol. The van der Waals surface area contributed by atoms with Gasteiger partial charge in [-0.05, 0) is 37.1 Å². The summed E-state index contributed by atoms with van der Waals surface area (Å²) in [6.45, 7) is 5.40. The van der Waals surface area contributed by atoms with Crippen LogP contribution in [0.3, 0.4) is 0 Å². The molecule has 0 saturated carbocycles. The van der Waals surface area contributed by atoms with Gasteiger partial charge >= 0.3 is 0 Å². The van der Waals surface area contributed by atoms with Gasteiger partial charge in [-0.1, -0.05) is 23.7 Å². The van der Waals surface area contributed by atoms with Crippen LogP contribution in [-0.4, -0.2) is 36.1 Å². The Morgan fingerprint density at radius 3 is 2.65 bits per heavy atom. The summed E-state index contributed by atoms with van der Waals surface area (Å²) in [5.41, 5.74) is 0.976. The molecule has 4 nitrogen and oxygen atoms in total. The first-order valence-electron chi connectivity index (χ1n) is 7.41. The molecular formula is C16H20Cl3N3O. The number of nitrogens with one attached hydrogen (secondary N) is 1. The van der Waals surface area contributed by atoms with Gasteiger partial charge in [0.25, 0.3) is 0 Å². The highest BCUT2D eigenvalue weighted by Gasteiger charge is 2.36. The van der Waals surface area contributed by atoms with E-state index in [0.717, 1.165) is 61.8 Å². The number of benzene rings is 1. The van der Waals surface area contributed by atoms with E-state index in [1.54, 1.807) is 6.20 Å². The number of halogens is 3. The third-order valence-corrected chi connectivity index (χ3v) is 4.72. The molecule has 2 atom stereocenters. The van der Waals surface area contributed by atoms with Gasteiger partial charge in [0, 0.05) is 23.7 Å². The molecule has 0 bridgehead atoms. The van der Waals surface area contributed by atoms with Crippen LogP contribution in [0.1, 0.15) is 5.89 Å². The van der Waals surface area contributed by atoms with Crippen molar-refractivity contribution in [3.8, 4) is 11.3 Å². The van der Waals surface area contributed by atoms with Crippen LogP contribution in [0.4, 0.5) is 0 Å². The second-order valence-corrected chi connectivity index (χ2v) is 6.44. The van der Waals surface area contributed by atoms with Crippen LogP contribution in [0, 0.1) is 11.8 Å². The second-order valence-electron chi connectivity index (χ2n) is 6.00. The zero-order valence-electron chi connectivity index (χ0n) is 12.6. The minimum absolute atomic E-state index is 0. The Morgan fingerprint density at radius 2 is 1.96 bits per heavy atom. The molecule has 2 saturated heterocycles. The lowest BCUT2D eigenvalue weighted by molar-refractivity contribution is 0.273. The Labute approximate surface area is 153 Å². The molecule has 2 aliphatic rings. The molecule has 2 fully saturated rings. The third-order valence-electron chi connectivity index (χ3n) is 4.49. The number of rotatable bonds is 3. The molecule has 0 amide bonds. The van der Waals surface area contributed by atoms with Crippen LogP contribution in [0.25, 0.3) is 11.3 Å². The average Bonchev–Trinajstić information content (AvgIpc) is 3.14. The minimum atomic E-state index is 0. The molecule has 0 aliphatic carbocycles. The van der Waals surface area contributed by atoms with E-state index in [4.69, 9.17) is 16.0 Å². The predicted octanol–water partition coefficient (Wildman–Crippen LogP) is 3.49. The molecule has 0 spiro atoms. The van der Waals surface area contributed by atoms with Gasteiger partial charge in [0.2, 0.25) is 5.89 Å². The summed E-state index contributed by atoms with van der Waals surface area (Å²) in [4.78, 5) is 6.86. The molecule has 23 heavy (non-hydrogen) atoms. The van der Waals surface area contributed by atoms with Crippen molar-refractivity contribution in [2.24, 2.45) is 11.8 Å². The van der Waals surface area contributed by atoms with Crippen LogP contribution in [0.5, 0.6) is 0 Å². The summed E-state index contributed by atoms with van der Waals surface area (Å²) in [5.74, 6) is 3.17. The number of nitrogens with zero attached hydrogens (tertiary/aromatic N) is 2. The van der Waals surface area contributed by atoms with Crippen molar-refractivity contribution in [1.29, 1.82) is 0 Å². The maximum atomic E-state index is 6.02. The topological polar surface area (TPSA) is 41.3 Å². The zero-order chi connectivity index (χ0) is 14.2. The number of oxazole rings is 1. The Bertz CT molecular complexity index is 637. The highest BCUT2D eigenvalue weighted by Crippen LogP contribution is 2.28. The number of hydrogen-bond donors (Lipinski definition) is 1. The minimum Gasteiger partial charge on any atom is -0.439 e. The van der Waals surface area contributed by atoms with Gasteiger partial charge in [0.1, 0.15) is 0 Å². The molecule has 126 valence electrons. The summed E-state index contributed by atoms with van der Waals surface area (Å²) < 4.78 is 5.88. The SMILES string of the molecule is Cl.Cl.Clc1cccc(-c2cnc(CN3C[C@H]4CNC[C@H]4C3)o2)c1. The molecular weight excluding hydrogens is 357 g/mol. The van der Waals surface area contributed by atoms with Gasteiger partial charge in [0.05, 0.1) is 12.7 Å². The van der Waals surface area contributed by atoms with Gasteiger partial charge in [-0.3, -0.25) is 4.90 Å². The molecule has 2 aliphatic heterocycles. The first kappa shape index (κ1) is 18.6. The fourth-order valence-electron chi connectivity index (χ4n) is 3.43. The van der Waals surface area contributed by atoms with E-state index < -0.39 is 0 Å². The Hall–Kier alpha value is -0.780. The van der Waals surface area contributed by atoms with E-state index in [9.17, 15) is 0 Å². The molecule has 0 unspecified atom stereocenters. The Morgan fingerprint density at radius 1 is 1.22 bits per heavy atom. The van der Waals surface area contributed by atoms with Crippen LogP contribution in [-0.2, 0) is 6.54 Å². The summed E-state index contributed by atoms with van der Waals surface area (Å²) >= 11 is 6.02. The summed E-state index contributed by atoms with van der Waals surface area (Å²) in [7, 11) is 0. The highest BCUT2D eigenvalue weighted by atomic mass is 35.5. The number of aromatic nitrogens is 1. The van der Waals surface area contributed by atoms with Crippen LogP contribution in [0.15, 0.2) is 34.9 Å². The number of hydrogen-bond acceptors (Lipinski definition) is 4. The smallest absolute Gasteiger partial charge is 0.209 e. The van der Waals surface area contributed by atoms with Crippen LogP contribution >= 0.6 is 36.4 Å².